The summed E-state index contributed by atoms with van der Waals surface area (Å²) in [5.74, 6) is -7.16. The second-order valence-corrected chi connectivity index (χ2v) is 17.8. The van der Waals surface area contributed by atoms with Crippen LogP contribution in [0.25, 0.3) is 44.3 Å². The van der Waals surface area contributed by atoms with Gasteiger partial charge in [0.1, 0.15) is 12.1 Å². The second-order valence-electron chi connectivity index (χ2n) is 16.3. The Morgan fingerprint density at radius 1 is 0.770 bits per heavy atom. The number of hydroxylamine groups is 2. The Hall–Kier alpha value is -7.59. The summed E-state index contributed by atoms with van der Waals surface area (Å²) in [6, 6.07) is 26.0. The third kappa shape index (κ3) is 14.8. The van der Waals surface area contributed by atoms with Gasteiger partial charge in [0, 0.05) is 117 Å². The van der Waals surface area contributed by atoms with Crippen molar-refractivity contribution in [2.24, 2.45) is 0 Å². The predicted molar refractivity (Wildman–Crippen MR) is 255 cm³/mol. The summed E-state index contributed by atoms with van der Waals surface area (Å²) in [5.41, 5.74) is 3.38. The van der Waals surface area contributed by atoms with Crippen LogP contribution in [0.4, 0.5) is 23.2 Å². The van der Waals surface area contributed by atoms with Gasteiger partial charge >= 0.3 is 5.97 Å². The zero-order valence-corrected chi connectivity index (χ0v) is 42.0. The fourth-order valence-corrected chi connectivity index (χ4v) is 8.45. The molecular weight excluding hydrogens is 1170 g/mol. The summed E-state index contributed by atoms with van der Waals surface area (Å²) in [6.07, 6.45) is 7.77. The van der Waals surface area contributed by atoms with E-state index in [1.165, 1.54) is 0 Å². The van der Waals surface area contributed by atoms with Gasteiger partial charge in [-0.1, -0.05) is 59.7 Å². The smallest absolute Gasteiger partial charge is 0.333 e. The number of hydrogen-bond acceptors (Lipinski definition) is 14. The fraction of sp³-hybridized carbons (Fsp3) is 0.235. The topological polar surface area (TPSA) is 234 Å². The number of hydrogen-bond donors (Lipinski definition) is 2. The van der Waals surface area contributed by atoms with Crippen LogP contribution in [0.1, 0.15) is 44.9 Å². The Balaban J connectivity index is 0.000000247. The summed E-state index contributed by atoms with van der Waals surface area (Å²) in [7, 11) is -4.90. The molecule has 2 N–H and O–H groups in total. The summed E-state index contributed by atoms with van der Waals surface area (Å²) >= 11 is 0. The van der Waals surface area contributed by atoms with E-state index in [4.69, 9.17) is 4.84 Å². The molecule has 6 heterocycles. The van der Waals surface area contributed by atoms with Crippen LogP contribution in [-0.2, 0) is 59.0 Å². The summed E-state index contributed by atoms with van der Waals surface area (Å²) in [4.78, 5) is 84.9. The second kappa shape index (κ2) is 25.9. The van der Waals surface area contributed by atoms with Crippen molar-refractivity contribution in [1.82, 2.24) is 35.6 Å². The minimum absolute atomic E-state index is 0. The van der Waals surface area contributed by atoms with E-state index < -0.39 is 80.8 Å². The molecule has 1 radical (unpaired) electrons. The minimum Gasteiger partial charge on any atom is -0.748 e. The Bertz CT molecular complexity index is 3160. The molecule has 4 aromatic heterocycles. The quantitative estimate of drug-likeness (QED) is 0.0303. The van der Waals surface area contributed by atoms with E-state index in [9.17, 15) is 54.5 Å². The van der Waals surface area contributed by atoms with Gasteiger partial charge in [0.25, 0.3) is 11.8 Å². The number of halogens is 4. The number of unbranched alkanes of at least 4 members (excludes halogenated alkanes) is 1. The van der Waals surface area contributed by atoms with Gasteiger partial charge in [-0.25, -0.2) is 13.2 Å². The Kier molecular flexibility index (Phi) is 19.5. The van der Waals surface area contributed by atoms with Crippen LogP contribution >= 0.6 is 0 Å². The Morgan fingerprint density at radius 3 is 1.96 bits per heavy atom. The maximum Gasteiger partial charge on any atom is 0.333 e. The number of aromatic nitrogens is 4. The number of benzene rings is 3. The van der Waals surface area contributed by atoms with Crippen LogP contribution in [0.2, 0.25) is 0 Å². The van der Waals surface area contributed by atoms with Crippen molar-refractivity contribution in [1.29, 1.82) is 0 Å². The first-order valence-corrected chi connectivity index (χ1v) is 24.2. The van der Waals surface area contributed by atoms with E-state index in [0.717, 1.165) is 40.7 Å². The largest absolute Gasteiger partial charge is 0.748 e. The molecule has 2 atom stereocenters. The molecule has 23 heteroatoms. The molecule has 0 spiro atoms. The van der Waals surface area contributed by atoms with Gasteiger partial charge in [0.2, 0.25) is 11.8 Å². The van der Waals surface area contributed by atoms with Crippen molar-refractivity contribution in [3.8, 4) is 22.5 Å². The number of rotatable bonds is 14. The predicted octanol–water partition coefficient (Wildman–Crippen LogP) is 6.33. The van der Waals surface area contributed by atoms with Crippen LogP contribution in [0.3, 0.4) is 0 Å². The van der Waals surface area contributed by atoms with E-state index in [1.54, 1.807) is 67.3 Å². The number of carbonyl (C=O) groups is 5. The average Bonchev–Trinajstić information content (AvgIpc) is 3.99. The third-order valence-electron chi connectivity index (χ3n) is 11.2. The van der Waals surface area contributed by atoms with E-state index in [-0.39, 0.29) is 69.9 Å². The molecule has 74 heavy (non-hydrogen) atoms. The average molecular weight is 1210 g/mol. The van der Waals surface area contributed by atoms with E-state index in [0.29, 0.717) is 46.9 Å². The van der Waals surface area contributed by atoms with Crippen LogP contribution < -0.4 is 15.5 Å². The van der Waals surface area contributed by atoms with E-state index >= 15 is 0 Å². The first-order chi connectivity index (χ1) is 35.1. The minimum atomic E-state index is -4.90. The van der Waals surface area contributed by atoms with Crippen LogP contribution in [0.5, 0.6) is 0 Å². The van der Waals surface area contributed by atoms with E-state index in [1.807, 2.05) is 29.2 Å². The molecule has 4 amide bonds. The number of nitrogens with one attached hydrogen (secondary N) is 2. The van der Waals surface area contributed by atoms with Crippen molar-refractivity contribution >= 4 is 67.2 Å². The molecule has 7 aromatic rings. The molecule has 2 fully saturated rings. The Labute approximate surface area is 434 Å². The molecule has 2 aliphatic rings. The van der Waals surface area contributed by atoms with Crippen molar-refractivity contribution in [3.05, 3.63) is 151 Å². The summed E-state index contributed by atoms with van der Waals surface area (Å²) < 4.78 is 86.4. The number of carbonyl (C=O) groups excluding carboxylic acids is 5. The maximum absolute atomic E-state index is 13.5. The zero-order chi connectivity index (χ0) is 52.1. The molecule has 2 saturated heterocycles. The van der Waals surface area contributed by atoms with E-state index in [2.05, 4.69) is 42.7 Å². The number of anilines is 1. The maximum atomic E-state index is 13.5. The van der Waals surface area contributed by atoms with Crippen molar-refractivity contribution in [2.75, 3.05) is 23.7 Å². The van der Waals surface area contributed by atoms with Crippen LogP contribution in [0.15, 0.2) is 116 Å². The molecule has 17 nitrogen and oxygen atoms in total. The van der Waals surface area contributed by atoms with Crippen molar-refractivity contribution in [2.45, 2.75) is 57.0 Å². The molecule has 2 aliphatic heterocycles. The Morgan fingerprint density at radius 2 is 1.38 bits per heavy atom. The molecule has 387 valence electrons. The van der Waals surface area contributed by atoms with Gasteiger partial charge in [0.05, 0.1) is 26.9 Å². The standard InChI is InChI=1S/C29H32N6O9S.2C11H6F2N.Ir/c36-23-10-11-24(37)35(23)44-25(38)7-1-2-13-32-28(39)20(17-45(41,42)43)33-29(40)22-6-4-16-34(22)21-12-15-31-27-19(21)9-8-18-5-3-14-30-26(18)27;2*12-8-4-5-9(10(13)7-8)11-3-1-2-6-14-11;/h3,5,8-9,12,14-15,20,22H,1-2,4,6-7,10-11,13,16-17H2,(H,32,39)(H,33,40)(H,41,42,43);2*1-4,6-7H;/q;2*-1;/p-1. The van der Waals surface area contributed by atoms with Gasteiger partial charge in [0.15, 0.2) is 0 Å². The molecule has 3 aromatic carbocycles. The SMILES string of the molecule is Fc1c[c-]c(-c2ccccn2)c(F)c1.Fc1c[c-]c(-c2ccccn2)c(F)c1.O=C(CCCCNC(=O)C(CS(=O)(=O)[O-])NC(=O)C1CCCN1c1ccnc2c1ccc1cccnc12)ON1C(=O)CCC1=O.[Ir]. The number of nitrogens with zero attached hydrogens (tertiary/aromatic N) is 6. The van der Waals surface area contributed by atoms with Gasteiger partial charge in [-0.05, 0) is 67.4 Å². The molecule has 0 bridgehead atoms. The molecule has 0 aliphatic carbocycles. The van der Waals surface area contributed by atoms with Gasteiger partial charge in [-0.15, -0.1) is 29.3 Å². The molecule has 2 unspecified atom stereocenters. The number of amides is 4. The fourth-order valence-electron chi connectivity index (χ4n) is 7.81. The van der Waals surface area contributed by atoms with Gasteiger partial charge in [-0.2, -0.15) is 0 Å². The normalized spacial score (nSPS) is 14.5. The first-order valence-electron chi connectivity index (χ1n) is 22.6. The van der Waals surface area contributed by atoms with Crippen molar-refractivity contribution in [3.63, 3.8) is 0 Å². The molecule has 0 saturated carbocycles. The monoisotopic (exact) mass is 1210 g/mol. The number of fused-ring (bicyclic) bond motifs is 3. The number of imide groups is 1. The molecule has 9 rings (SSSR count). The van der Waals surface area contributed by atoms with Crippen LogP contribution in [-0.4, -0.2) is 98.5 Å². The van der Waals surface area contributed by atoms with Crippen molar-refractivity contribution < 1.29 is 79.4 Å². The summed E-state index contributed by atoms with van der Waals surface area (Å²) in [6.45, 7) is 0.524. The van der Waals surface area contributed by atoms with Crippen LogP contribution in [0, 0.1) is 35.4 Å². The first kappa shape index (κ1) is 55.7. The number of pyridine rings is 4. The summed E-state index contributed by atoms with van der Waals surface area (Å²) in [5, 5.41) is 7.08. The van der Waals surface area contributed by atoms with Gasteiger partial charge < -0.3 is 34.9 Å². The molecular formula is C51H43F4IrN8O9S-3. The van der Waals surface area contributed by atoms with Gasteiger partial charge in [-0.3, -0.25) is 46.7 Å². The zero-order valence-electron chi connectivity index (χ0n) is 38.8. The third-order valence-corrected chi connectivity index (χ3v) is 11.9.